The lowest BCUT2D eigenvalue weighted by Crippen LogP contribution is -2.24. The Morgan fingerprint density at radius 2 is 1.67 bits per heavy atom. The van der Waals surface area contributed by atoms with Crippen molar-refractivity contribution in [3.63, 3.8) is 0 Å². The van der Waals surface area contributed by atoms with Crippen molar-refractivity contribution < 1.29 is 9.47 Å². The maximum atomic E-state index is 5.75. The van der Waals surface area contributed by atoms with Crippen LogP contribution in [-0.2, 0) is 0 Å². The quantitative estimate of drug-likeness (QED) is 0.678. The van der Waals surface area contributed by atoms with Gasteiger partial charge in [-0.15, -0.1) is 0 Å². The molecule has 1 aromatic carbocycles. The molecule has 0 heterocycles. The third kappa shape index (κ3) is 4.89. The molecule has 21 heavy (non-hydrogen) atoms. The normalized spacial score (nSPS) is 13.8. The van der Waals surface area contributed by atoms with Gasteiger partial charge in [-0.1, -0.05) is 36.2 Å². The summed E-state index contributed by atoms with van der Waals surface area (Å²) in [6, 6.07) is 4.42. The van der Waals surface area contributed by atoms with Crippen LogP contribution in [0.15, 0.2) is 16.6 Å². The number of rotatable bonds is 9. The van der Waals surface area contributed by atoms with E-state index in [9.17, 15) is 0 Å². The molecule has 0 spiro atoms. The molecule has 0 saturated heterocycles. The summed E-state index contributed by atoms with van der Waals surface area (Å²) in [5, 5.41) is 3.44. The number of benzene rings is 1. The fourth-order valence-corrected chi connectivity index (χ4v) is 3.26. The van der Waals surface area contributed by atoms with Crippen LogP contribution in [-0.4, -0.2) is 20.3 Å². The van der Waals surface area contributed by atoms with E-state index >= 15 is 0 Å². The van der Waals surface area contributed by atoms with Crippen LogP contribution in [0.2, 0.25) is 0 Å². The van der Waals surface area contributed by atoms with E-state index in [2.05, 4.69) is 41.2 Å². The molecule has 0 aromatic heterocycles. The van der Waals surface area contributed by atoms with Gasteiger partial charge in [-0.2, -0.15) is 0 Å². The second-order valence-electron chi connectivity index (χ2n) is 5.22. The zero-order chi connectivity index (χ0) is 15.8. The summed E-state index contributed by atoms with van der Waals surface area (Å²) >= 11 is 3.69. The van der Waals surface area contributed by atoms with Crippen molar-refractivity contribution in [1.29, 1.82) is 0 Å². The second-order valence-corrected chi connectivity index (χ2v) is 6.07. The minimum absolute atomic E-state index is 0.300. The first-order valence-electron chi connectivity index (χ1n) is 7.85. The molecule has 1 rings (SSSR count). The van der Waals surface area contributed by atoms with Gasteiger partial charge in [-0.25, -0.2) is 0 Å². The molecular weight excluding hydrogens is 330 g/mol. The minimum atomic E-state index is 0.300. The molecule has 0 saturated carbocycles. The lowest BCUT2D eigenvalue weighted by atomic mass is 9.91. The number of hydrogen-bond acceptors (Lipinski definition) is 3. The predicted octanol–water partition coefficient (Wildman–Crippen LogP) is 4.94. The lowest BCUT2D eigenvalue weighted by Gasteiger charge is -2.26. The van der Waals surface area contributed by atoms with Crippen molar-refractivity contribution in [2.24, 2.45) is 5.92 Å². The summed E-state index contributed by atoms with van der Waals surface area (Å²) in [7, 11) is 2.01. The van der Waals surface area contributed by atoms with Crippen molar-refractivity contribution in [3.8, 4) is 11.5 Å². The van der Waals surface area contributed by atoms with Gasteiger partial charge in [-0.05, 0) is 50.9 Å². The first-order chi connectivity index (χ1) is 10.1. The Morgan fingerprint density at radius 1 is 1.10 bits per heavy atom. The summed E-state index contributed by atoms with van der Waals surface area (Å²) < 4.78 is 12.5. The summed E-state index contributed by atoms with van der Waals surface area (Å²) in [6.07, 6.45) is 2.38. The van der Waals surface area contributed by atoms with Crippen LogP contribution in [0.4, 0.5) is 0 Å². The Kier molecular flexibility index (Phi) is 8.12. The second kappa shape index (κ2) is 9.31. The zero-order valence-electron chi connectivity index (χ0n) is 13.8. The molecule has 0 aliphatic heterocycles. The molecule has 1 aromatic rings. The molecule has 0 radical (unpaired) electrons. The fourth-order valence-electron chi connectivity index (χ4n) is 2.69. The molecular formula is C17H28BrNO2. The van der Waals surface area contributed by atoms with Crippen molar-refractivity contribution in [2.75, 3.05) is 20.3 Å². The van der Waals surface area contributed by atoms with Gasteiger partial charge < -0.3 is 14.8 Å². The van der Waals surface area contributed by atoms with E-state index in [1.807, 2.05) is 27.0 Å². The topological polar surface area (TPSA) is 30.5 Å². The molecule has 0 fully saturated rings. The monoisotopic (exact) mass is 357 g/mol. The van der Waals surface area contributed by atoms with Crippen LogP contribution in [0.3, 0.4) is 0 Å². The van der Waals surface area contributed by atoms with E-state index in [0.717, 1.165) is 16.0 Å². The van der Waals surface area contributed by atoms with Crippen LogP contribution in [0, 0.1) is 5.92 Å². The first-order valence-corrected chi connectivity index (χ1v) is 8.64. The van der Waals surface area contributed by atoms with Gasteiger partial charge in [0.25, 0.3) is 0 Å². The Balaban J connectivity index is 3.18. The molecule has 0 aliphatic carbocycles. The van der Waals surface area contributed by atoms with Crippen molar-refractivity contribution >= 4 is 15.9 Å². The van der Waals surface area contributed by atoms with E-state index in [-0.39, 0.29) is 0 Å². The standard InChI is InChI=1S/C17H28BrNO2/c1-6-9-12(4)17(19-5)13-10-15(20-7-2)16(21-8-3)11-14(13)18/h10-12,17,19H,6-9H2,1-5H3. The van der Waals surface area contributed by atoms with Crippen LogP contribution in [0.1, 0.15) is 52.1 Å². The van der Waals surface area contributed by atoms with Gasteiger partial charge in [0.05, 0.1) is 13.2 Å². The number of nitrogens with one attached hydrogen (secondary N) is 1. The highest BCUT2D eigenvalue weighted by molar-refractivity contribution is 9.10. The zero-order valence-corrected chi connectivity index (χ0v) is 15.4. The van der Waals surface area contributed by atoms with Crippen LogP contribution in [0.25, 0.3) is 0 Å². The molecule has 2 unspecified atom stereocenters. The minimum Gasteiger partial charge on any atom is -0.490 e. The van der Waals surface area contributed by atoms with Crippen LogP contribution < -0.4 is 14.8 Å². The van der Waals surface area contributed by atoms with E-state index in [4.69, 9.17) is 9.47 Å². The van der Waals surface area contributed by atoms with Crippen molar-refractivity contribution in [1.82, 2.24) is 5.32 Å². The highest BCUT2D eigenvalue weighted by Gasteiger charge is 2.21. The molecule has 0 aliphatic rings. The molecule has 4 heteroatoms. The Morgan fingerprint density at radius 3 is 2.14 bits per heavy atom. The average molecular weight is 358 g/mol. The Bertz CT molecular complexity index is 437. The maximum absolute atomic E-state index is 5.75. The first kappa shape index (κ1) is 18.3. The van der Waals surface area contributed by atoms with Crippen molar-refractivity contribution in [3.05, 3.63) is 22.2 Å². The number of hydrogen-bond donors (Lipinski definition) is 1. The highest BCUT2D eigenvalue weighted by Crippen LogP contribution is 2.39. The summed E-state index contributed by atoms with van der Waals surface area (Å²) in [6.45, 7) is 9.75. The van der Waals surface area contributed by atoms with Gasteiger partial charge in [-0.3, -0.25) is 0 Å². The van der Waals surface area contributed by atoms with E-state index in [1.54, 1.807) is 0 Å². The van der Waals surface area contributed by atoms with Crippen molar-refractivity contribution in [2.45, 2.75) is 46.6 Å². The molecule has 0 amide bonds. The largest absolute Gasteiger partial charge is 0.490 e. The average Bonchev–Trinajstić information content (AvgIpc) is 2.45. The Labute approximate surface area is 137 Å². The van der Waals surface area contributed by atoms with Gasteiger partial charge >= 0.3 is 0 Å². The molecule has 2 atom stereocenters. The SMILES string of the molecule is CCCC(C)C(NC)c1cc(OCC)c(OCC)cc1Br. The summed E-state index contributed by atoms with van der Waals surface area (Å²) in [5.41, 5.74) is 1.23. The maximum Gasteiger partial charge on any atom is 0.162 e. The predicted molar refractivity (Wildman–Crippen MR) is 92.4 cm³/mol. The van der Waals surface area contributed by atoms with Crippen LogP contribution >= 0.6 is 15.9 Å². The summed E-state index contributed by atoms with van der Waals surface area (Å²) in [5.74, 6) is 2.18. The van der Waals surface area contributed by atoms with Crippen LogP contribution in [0.5, 0.6) is 11.5 Å². The van der Waals surface area contributed by atoms with Gasteiger partial charge in [0.15, 0.2) is 11.5 Å². The number of halogens is 1. The lowest BCUT2D eigenvalue weighted by molar-refractivity contribution is 0.286. The highest BCUT2D eigenvalue weighted by atomic mass is 79.9. The molecule has 3 nitrogen and oxygen atoms in total. The molecule has 120 valence electrons. The van der Waals surface area contributed by atoms with E-state index in [1.165, 1.54) is 18.4 Å². The summed E-state index contributed by atoms with van der Waals surface area (Å²) in [4.78, 5) is 0. The smallest absolute Gasteiger partial charge is 0.162 e. The molecule has 0 bridgehead atoms. The van der Waals surface area contributed by atoms with Gasteiger partial charge in [0.1, 0.15) is 0 Å². The van der Waals surface area contributed by atoms with E-state index in [0.29, 0.717) is 25.2 Å². The fraction of sp³-hybridized carbons (Fsp3) is 0.647. The van der Waals surface area contributed by atoms with Gasteiger partial charge in [0, 0.05) is 10.5 Å². The third-order valence-corrected chi connectivity index (χ3v) is 4.31. The van der Waals surface area contributed by atoms with Gasteiger partial charge in [0.2, 0.25) is 0 Å². The van der Waals surface area contributed by atoms with E-state index < -0.39 is 0 Å². The molecule has 1 N–H and O–H groups in total. The Hall–Kier alpha value is -0.740. The number of ether oxygens (including phenoxy) is 2. The third-order valence-electron chi connectivity index (χ3n) is 3.62.